The Bertz CT molecular complexity index is 1090. The van der Waals surface area contributed by atoms with Crippen LogP contribution in [0.5, 0.6) is 0 Å². The fourth-order valence-corrected chi connectivity index (χ4v) is 5.65. The molecule has 8 N–H and O–H groups in total. The summed E-state index contributed by atoms with van der Waals surface area (Å²) in [7, 11) is 0. The Labute approximate surface area is 295 Å². The van der Waals surface area contributed by atoms with Gasteiger partial charge in [-0.2, -0.15) is 0 Å². The maximum absolute atomic E-state index is 13.1. The summed E-state index contributed by atoms with van der Waals surface area (Å²) >= 11 is 0. The van der Waals surface area contributed by atoms with E-state index in [4.69, 9.17) is 11.5 Å². The standard InChI is InChI=1S/C38H66N6O5/c1-4-5-6-7-8-9-10-11-12-13-14-15-19-25-34(45)43-33(24-20-21-28-39)38(49)42-29(2)36(47)41-30(3)37(48)44-32(35(40)46)27-26-31-22-17-16-18-23-31/h16-18,22-23,29-30,32-33H,4-15,19-21,24-28,39H2,1-3H3,(H2,40,46)(H,41,47)(H,42,49)(H,43,45)(H,44,48)/t29-,30-,32-,33-/m0/s1. The van der Waals surface area contributed by atoms with Gasteiger partial charge in [-0.25, -0.2) is 0 Å². The predicted octanol–water partition coefficient (Wildman–Crippen LogP) is 4.69. The summed E-state index contributed by atoms with van der Waals surface area (Å²) in [5.41, 5.74) is 12.2. The second-order valence-corrected chi connectivity index (χ2v) is 13.3. The highest BCUT2D eigenvalue weighted by atomic mass is 16.2. The molecule has 0 radical (unpaired) electrons. The molecule has 1 rings (SSSR count). The topological polar surface area (TPSA) is 186 Å². The predicted molar refractivity (Wildman–Crippen MR) is 196 cm³/mol. The Hall–Kier alpha value is -3.47. The third kappa shape index (κ3) is 21.3. The lowest BCUT2D eigenvalue weighted by Crippen LogP contribution is -2.56. The monoisotopic (exact) mass is 687 g/mol. The first-order chi connectivity index (χ1) is 23.6. The minimum atomic E-state index is -0.981. The van der Waals surface area contributed by atoms with Gasteiger partial charge >= 0.3 is 0 Å². The zero-order chi connectivity index (χ0) is 36.3. The van der Waals surface area contributed by atoms with Crippen LogP contribution in [0.15, 0.2) is 30.3 Å². The van der Waals surface area contributed by atoms with E-state index in [0.717, 1.165) is 24.8 Å². The van der Waals surface area contributed by atoms with Gasteiger partial charge < -0.3 is 32.7 Å². The first kappa shape index (κ1) is 43.6. The maximum Gasteiger partial charge on any atom is 0.243 e. The lowest BCUT2D eigenvalue weighted by atomic mass is 10.0. The van der Waals surface area contributed by atoms with E-state index >= 15 is 0 Å². The number of benzene rings is 1. The molecule has 0 saturated carbocycles. The van der Waals surface area contributed by atoms with Gasteiger partial charge in [-0.05, 0) is 64.5 Å². The van der Waals surface area contributed by atoms with Crippen LogP contribution in [0, 0.1) is 0 Å². The number of carbonyl (C=O) groups excluding carboxylic acids is 5. The summed E-state index contributed by atoms with van der Waals surface area (Å²) in [6, 6.07) is 5.88. The highest BCUT2D eigenvalue weighted by molar-refractivity contribution is 5.95. The van der Waals surface area contributed by atoms with Crippen molar-refractivity contribution < 1.29 is 24.0 Å². The number of hydrogen-bond donors (Lipinski definition) is 6. The molecule has 0 aliphatic rings. The van der Waals surface area contributed by atoms with E-state index in [1.54, 1.807) is 0 Å². The van der Waals surface area contributed by atoms with Crippen LogP contribution in [0.1, 0.15) is 142 Å². The van der Waals surface area contributed by atoms with Gasteiger partial charge in [0, 0.05) is 6.42 Å². The zero-order valence-corrected chi connectivity index (χ0v) is 30.5. The molecular formula is C38H66N6O5. The minimum absolute atomic E-state index is 0.186. The number of aryl methyl sites for hydroxylation is 1. The van der Waals surface area contributed by atoms with Crippen molar-refractivity contribution in [1.82, 2.24) is 21.3 Å². The Balaban J connectivity index is 2.45. The van der Waals surface area contributed by atoms with E-state index in [2.05, 4.69) is 28.2 Å². The third-order valence-corrected chi connectivity index (χ3v) is 8.83. The number of nitrogens with one attached hydrogen (secondary N) is 4. The van der Waals surface area contributed by atoms with E-state index in [1.807, 2.05) is 30.3 Å². The smallest absolute Gasteiger partial charge is 0.243 e. The minimum Gasteiger partial charge on any atom is -0.368 e. The van der Waals surface area contributed by atoms with Crippen molar-refractivity contribution in [3.05, 3.63) is 35.9 Å². The molecule has 0 aliphatic heterocycles. The van der Waals surface area contributed by atoms with Gasteiger partial charge in [0.05, 0.1) is 0 Å². The number of rotatable bonds is 29. The molecular weight excluding hydrogens is 620 g/mol. The molecule has 0 bridgehead atoms. The molecule has 5 amide bonds. The average Bonchev–Trinajstić information content (AvgIpc) is 3.08. The van der Waals surface area contributed by atoms with Crippen LogP contribution in [0.3, 0.4) is 0 Å². The van der Waals surface area contributed by atoms with Gasteiger partial charge in [0.25, 0.3) is 0 Å². The number of amides is 5. The summed E-state index contributed by atoms with van der Waals surface area (Å²) in [6.07, 6.45) is 18.8. The van der Waals surface area contributed by atoms with Crippen molar-refractivity contribution in [2.24, 2.45) is 11.5 Å². The first-order valence-corrected chi connectivity index (χ1v) is 18.8. The highest BCUT2D eigenvalue weighted by Gasteiger charge is 2.27. The fourth-order valence-electron chi connectivity index (χ4n) is 5.65. The van der Waals surface area contributed by atoms with Crippen LogP contribution >= 0.6 is 0 Å². The molecule has 0 aliphatic carbocycles. The van der Waals surface area contributed by atoms with E-state index in [-0.39, 0.29) is 5.91 Å². The molecule has 11 heteroatoms. The van der Waals surface area contributed by atoms with Crippen molar-refractivity contribution in [2.45, 2.75) is 167 Å². The van der Waals surface area contributed by atoms with Crippen LogP contribution in [-0.2, 0) is 30.4 Å². The van der Waals surface area contributed by atoms with Crippen molar-refractivity contribution >= 4 is 29.5 Å². The molecule has 1 aromatic carbocycles. The van der Waals surface area contributed by atoms with Gasteiger partial charge in [0.2, 0.25) is 29.5 Å². The summed E-state index contributed by atoms with van der Waals surface area (Å²) in [4.78, 5) is 63.5. The Morgan fingerprint density at radius 3 is 1.63 bits per heavy atom. The molecule has 49 heavy (non-hydrogen) atoms. The van der Waals surface area contributed by atoms with Crippen LogP contribution in [0.25, 0.3) is 0 Å². The van der Waals surface area contributed by atoms with Gasteiger partial charge in [0.1, 0.15) is 24.2 Å². The fraction of sp³-hybridized carbons (Fsp3) is 0.711. The first-order valence-electron chi connectivity index (χ1n) is 18.8. The Morgan fingerprint density at radius 2 is 1.10 bits per heavy atom. The lowest BCUT2D eigenvalue weighted by molar-refractivity contribution is -0.134. The molecule has 1 aromatic rings. The van der Waals surface area contributed by atoms with E-state index in [9.17, 15) is 24.0 Å². The highest BCUT2D eigenvalue weighted by Crippen LogP contribution is 2.13. The number of primary amides is 1. The molecule has 278 valence electrons. The second kappa shape index (κ2) is 27.4. The van der Waals surface area contributed by atoms with Crippen molar-refractivity contribution in [1.29, 1.82) is 0 Å². The SMILES string of the molecule is CCCCCCCCCCCCCCCC(=O)N[C@@H](CCCCN)C(=O)N[C@@H](C)C(=O)N[C@@H](C)C(=O)N[C@@H](CCc1ccccc1)C(N)=O. The number of unbranched alkanes of at least 4 members (excludes halogenated alkanes) is 13. The van der Waals surface area contributed by atoms with Crippen LogP contribution < -0.4 is 32.7 Å². The van der Waals surface area contributed by atoms with E-state index in [0.29, 0.717) is 45.1 Å². The van der Waals surface area contributed by atoms with Gasteiger partial charge in [0.15, 0.2) is 0 Å². The second-order valence-electron chi connectivity index (χ2n) is 13.3. The number of carbonyl (C=O) groups is 5. The van der Waals surface area contributed by atoms with Crippen molar-refractivity contribution in [3.63, 3.8) is 0 Å². The lowest BCUT2D eigenvalue weighted by Gasteiger charge is -2.23. The molecule has 0 heterocycles. The van der Waals surface area contributed by atoms with Crippen molar-refractivity contribution in [2.75, 3.05) is 6.54 Å². The van der Waals surface area contributed by atoms with Gasteiger partial charge in [-0.15, -0.1) is 0 Å². The number of nitrogens with two attached hydrogens (primary N) is 2. The summed E-state index contributed by atoms with van der Waals surface area (Å²) in [5, 5.41) is 10.7. The molecule has 0 saturated heterocycles. The third-order valence-electron chi connectivity index (χ3n) is 8.83. The Morgan fingerprint density at radius 1 is 0.592 bits per heavy atom. The number of hydrogen-bond acceptors (Lipinski definition) is 6. The Kier molecular flexibility index (Phi) is 24.3. The van der Waals surface area contributed by atoms with E-state index < -0.39 is 47.8 Å². The summed E-state index contributed by atoms with van der Waals surface area (Å²) in [6.45, 7) is 5.72. The molecule has 11 nitrogen and oxygen atoms in total. The van der Waals surface area contributed by atoms with Crippen molar-refractivity contribution in [3.8, 4) is 0 Å². The van der Waals surface area contributed by atoms with Crippen LogP contribution in [0.4, 0.5) is 0 Å². The average molecular weight is 687 g/mol. The van der Waals surface area contributed by atoms with E-state index in [1.165, 1.54) is 78.1 Å². The van der Waals surface area contributed by atoms with Crippen LogP contribution in [-0.4, -0.2) is 60.2 Å². The molecule has 0 fully saturated rings. The largest absolute Gasteiger partial charge is 0.368 e. The van der Waals surface area contributed by atoms with Gasteiger partial charge in [-0.1, -0.05) is 114 Å². The normalized spacial score (nSPS) is 13.5. The maximum atomic E-state index is 13.1. The molecule has 0 spiro atoms. The quantitative estimate of drug-likeness (QED) is 0.0664. The molecule has 4 atom stereocenters. The summed E-state index contributed by atoms with van der Waals surface area (Å²) < 4.78 is 0. The zero-order valence-electron chi connectivity index (χ0n) is 30.5. The molecule has 0 unspecified atom stereocenters. The summed E-state index contributed by atoms with van der Waals surface area (Å²) in [5.74, 6) is -2.46. The molecule has 0 aromatic heterocycles. The van der Waals surface area contributed by atoms with Gasteiger partial charge in [-0.3, -0.25) is 24.0 Å². The van der Waals surface area contributed by atoms with Crippen LogP contribution in [0.2, 0.25) is 0 Å².